The number of carbonyl (C=O) groups is 2. The van der Waals surface area contributed by atoms with Crippen molar-refractivity contribution in [2.75, 3.05) is 13.1 Å². The Morgan fingerprint density at radius 3 is 2.25 bits per heavy atom. The lowest BCUT2D eigenvalue weighted by Gasteiger charge is -2.34. The Morgan fingerprint density at radius 2 is 1.75 bits per heavy atom. The molecular formula is C19H25NO4. The second-order valence-corrected chi connectivity index (χ2v) is 7.05. The SMILES string of the molecule is CC(C)(C)OC(=O)N1CCC(/C(=C/C(=O)O)c2ccccc2)CC1. The maximum Gasteiger partial charge on any atom is 0.410 e. The van der Waals surface area contributed by atoms with E-state index < -0.39 is 11.6 Å². The number of carboxylic acid groups (broad SMARTS) is 1. The van der Waals surface area contributed by atoms with Gasteiger partial charge in [0.05, 0.1) is 0 Å². The lowest BCUT2D eigenvalue weighted by Crippen LogP contribution is -2.41. The van der Waals surface area contributed by atoms with Gasteiger partial charge in [0.25, 0.3) is 0 Å². The van der Waals surface area contributed by atoms with E-state index in [9.17, 15) is 14.7 Å². The van der Waals surface area contributed by atoms with Gasteiger partial charge in [0.15, 0.2) is 0 Å². The average Bonchev–Trinajstić information content (AvgIpc) is 2.52. The first-order valence-corrected chi connectivity index (χ1v) is 8.24. The molecule has 5 heteroatoms. The molecule has 1 aromatic rings. The lowest BCUT2D eigenvalue weighted by molar-refractivity contribution is -0.131. The van der Waals surface area contributed by atoms with Gasteiger partial charge in [-0.25, -0.2) is 9.59 Å². The zero-order valence-electron chi connectivity index (χ0n) is 14.5. The molecular weight excluding hydrogens is 306 g/mol. The van der Waals surface area contributed by atoms with Gasteiger partial charge in [0.1, 0.15) is 5.60 Å². The van der Waals surface area contributed by atoms with E-state index in [1.54, 1.807) is 4.90 Å². The summed E-state index contributed by atoms with van der Waals surface area (Å²) < 4.78 is 5.40. The molecule has 5 nitrogen and oxygen atoms in total. The van der Waals surface area contributed by atoms with Gasteiger partial charge in [-0.1, -0.05) is 30.3 Å². The van der Waals surface area contributed by atoms with Crippen molar-refractivity contribution in [2.24, 2.45) is 5.92 Å². The Bertz CT molecular complexity index is 608. The van der Waals surface area contributed by atoms with E-state index in [1.807, 2.05) is 51.1 Å². The van der Waals surface area contributed by atoms with Crippen LogP contribution in [-0.2, 0) is 9.53 Å². The minimum atomic E-state index is -0.941. The second kappa shape index (κ2) is 7.51. The number of likely N-dealkylation sites (tertiary alicyclic amines) is 1. The van der Waals surface area contributed by atoms with Gasteiger partial charge in [0, 0.05) is 19.2 Å². The minimum Gasteiger partial charge on any atom is -0.478 e. The van der Waals surface area contributed by atoms with Crippen LogP contribution in [0.2, 0.25) is 0 Å². The summed E-state index contributed by atoms with van der Waals surface area (Å²) >= 11 is 0. The molecule has 1 N–H and O–H groups in total. The molecule has 0 aliphatic carbocycles. The first kappa shape index (κ1) is 18.0. The summed E-state index contributed by atoms with van der Waals surface area (Å²) in [5, 5.41) is 9.18. The van der Waals surface area contributed by atoms with E-state index in [-0.39, 0.29) is 12.0 Å². The number of aliphatic carboxylic acids is 1. The first-order chi connectivity index (χ1) is 11.3. The van der Waals surface area contributed by atoms with E-state index in [2.05, 4.69) is 0 Å². The standard InChI is InChI=1S/C19H25NO4/c1-19(2,3)24-18(23)20-11-9-15(10-12-20)16(13-17(21)22)14-7-5-4-6-8-14/h4-8,13,15H,9-12H2,1-3H3,(H,21,22)/b16-13+. The van der Waals surface area contributed by atoms with Gasteiger partial charge in [-0.3, -0.25) is 0 Å². The van der Waals surface area contributed by atoms with Crippen LogP contribution in [0, 0.1) is 5.92 Å². The fraction of sp³-hybridized carbons (Fsp3) is 0.474. The number of hydrogen-bond donors (Lipinski definition) is 1. The quantitative estimate of drug-likeness (QED) is 0.856. The maximum absolute atomic E-state index is 12.1. The number of nitrogens with zero attached hydrogens (tertiary/aromatic N) is 1. The van der Waals surface area contributed by atoms with Crippen LogP contribution in [0.3, 0.4) is 0 Å². The molecule has 0 bridgehead atoms. The predicted octanol–water partition coefficient (Wildman–Crippen LogP) is 3.80. The molecule has 0 radical (unpaired) electrons. The average molecular weight is 331 g/mol. The molecule has 130 valence electrons. The van der Waals surface area contributed by atoms with Crippen LogP contribution >= 0.6 is 0 Å². The molecule has 1 aliphatic heterocycles. The molecule has 0 saturated carbocycles. The molecule has 1 saturated heterocycles. The van der Waals surface area contributed by atoms with Crippen LogP contribution in [0.25, 0.3) is 5.57 Å². The number of piperidine rings is 1. The van der Waals surface area contributed by atoms with E-state index in [1.165, 1.54) is 6.08 Å². The summed E-state index contributed by atoms with van der Waals surface area (Å²) in [6.45, 7) is 6.69. The van der Waals surface area contributed by atoms with Crippen molar-refractivity contribution in [3.8, 4) is 0 Å². The lowest BCUT2D eigenvalue weighted by atomic mass is 9.85. The number of carboxylic acids is 1. The Morgan fingerprint density at radius 1 is 1.17 bits per heavy atom. The smallest absolute Gasteiger partial charge is 0.410 e. The van der Waals surface area contributed by atoms with Crippen LogP contribution in [0.5, 0.6) is 0 Å². The van der Waals surface area contributed by atoms with Crippen LogP contribution < -0.4 is 0 Å². The van der Waals surface area contributed by atoms with Crippen LogP contribution in [0.4, 0.5) is 4.79 Å². The Balaban J connectivity index is 2.06. The summed E-state index contributed by atoms with van der Waals surface area (Å²) in [5.74, 6) is -0.814. The topological polar surface area (TPSA) is 66.8 Å². The highest BCUT2D eigenvalue weighted by Gasteiger charge is 2.29. The third-order valence-corrected chi connectivity index (χ3v) is 3.97. The number of allylic oxidation sites excluding steroid dienone is 1. The van der Waals surface area contributed by atoms with Crippen LogP contribution in [0.15, 0.2) is 36.4 Å². The monoisotopic (exact) mass is 331 g/mol. The Labute approximate surface area is 142 Å². The highest BCUT2D eigenvalue weighted by Crippen LogP contribution is 2.32. The van der Waals surface area contributed by atoms with Crippen LogP contribution in [-0.4, -0.2) is 40.8 Å². The van der Waals surface area contributed by atoms with Crippen molar-refractivity contribution < 1.29 is 19.4 Å². The number of amides is 1. The number of ether oxygens (including phenoxy) is 1. The Hall–Kier alpha value is -2.30. The van der Waals surface area contributed by atoms with Crippen molar-refractivity contribution in [3.05, 3.63) is 42.0 Å². The molecule has 1 aliphatic rings. The predicted molar refractivity (Wildman–Crippen MR) is 92.6 cm³/mol. The van der Waals surface area contributed by atoms with Crippen molar-refractivity contribution in [2.45, 2.75) is 39.2 Å². The molecule has 0 aromatic heterocycles. The molecule has 0 unspecified atom stereocenters. The summed E-state index contributed by atoms with van der Waals surface area (Å²) in [5.41, 5.74) is 1.24. The molecule has 2 rings (SSSR count). The van der Waals surface area contributed by atoms with Crippen LogP contribution in [0.1, 0.15) is 39.2 Å². The van der Waals surface area contributed by atoms with Crippen molar-refractivity contribution >= 4 is 17.6 Å². The normalized spacial score (nSPS) is 16.8. The highest BCUT2D eigenvalue weighted by atomic mass is 16.6. The number of hydrogen-bond acceptors (Lipinski definition) is 3. The van der Waals surface area contributed by atoms with Gasteiger partial charge in [-0.15, -0.1) is 0 Å². The summed E-state index contributed by atoms with van der Waals surface area (Å²) in [6.07, 6.45) is 2.45. The van der Waals surface area contributed by atoms with Crippen molar-refractivity contribution in [1.82, 2.24) is 4.90 Å². The van der Waals surface area contributed by atoms with E-state index in [0.29, 0.717) is 13.1 Å². The zero-order valence-corrected chi connectivity index (χ0v) is 14.5. The van der Waals surface area contributed by atoms with Gasteiger partial charge in [-0.05, 0) is 50.7 Å². The third-order valence-electron chi connectivity index (χ3n) is 3.97. The minimum absolute atomic E-state index is 0.127. The molecule has 0 atom stereocenters. The van der Waals surface area contributed by atoms with Gasteiger partial charge < -0.3 is 14.7 Å². The molecule has 1 amide bonds. The van der Waals surface area contributed by atoms with E-state index >= 15 is 0 Å². The number of rotatable bonds is 3. The van der Waals surface area contributed by atoms with E-state index in [4.69, 9.17) is 4.74 Å². The molecule has 24 heavy (non-hydrogen) atoms. The third kappa shape index (κ3) is 5.11. The molecule has 1 aromatic carbocycles. The molecule has 1 heterocycles. The van der Waals surface area contributed by atoms with Crippen molar-refractivity contribution in [1.29, 1.82) is 0 Å². The zero-order chi connectivity index (χ0) is 17.7. The fourth-order valence-corrected chi connectivity index (χ4v) is 2.90. The number of carbonyl (C=O) groups excluding carboxylic acids is 1. The largest absolute Gasteiger partial charge is 0.478 e. The maximum atomic E-state index is 12.1. The van der Waals surface area contributed by atoms with E-state index in [0.717, 1.165) is 24.0 Å². The van der Waals surface area contributed by atoms with Gasteiger partial charge in [0.2, 0.25) is 0 Å². The summed E-state index contributed by atoms with van der Waals surface area (Å²) in [7, 11) is 0. The van der Waals surface area contributed by atoms with Gasteiger partial charge >= 0.3 is 12.1 Å². The Kier molecular flexibility index (Phi) is 5.65. The summed E-state index contributed by atoms with van der Waals surface area (Å²) in [4.78, 5) is 25.0. The number of benzene rings is 1. The second-order valence-electron chi connectivity index (χ2n) is 7.05. The van der Waals surface area contributed by atoms with Gasteiger partial charge in [-0.2, -0.15) is 0 Å². The highest BCUT2D eigenvalue weighted by molar-refractivity contribution is 5.90. The molecule has 0 spiro atoms. The molecule has 1 fully saturated rings. The first-order valence-electron chi connectivity index (χ1n) is 8.24. The fourth-order valence-electron chi connectivity index (χ4n) is 2.90. The summed E-state index contributed by atoms with van der Waals surface area (Å²) in [6, 6.07) is 9.57. The van der Waals surface area contributed by atoms with Crippen molar-refractivity contribution in [3.63, 3.8) is 0 Å².